The third-order valence-electron chi connectivity index (χ3n) is 3.48. The van der Waals surface area contributed by atoms with Crippen LogP contribution in [0.25, 0.3) is 0 Å². The van der Waals surface area contributed by atoms with Gasteiger partial charge in [-0.2, -0.15) is 0 Å². The minimum Gasteiger partial charge on any atom is -0.268 e. The second-order valence-corrected chi connectivity index (χ2v) is 5.30. The van der Waals surface area contributed by atoms with Crippen molar-refractivity contribution < 1.29 is 14.5 Å². The Hall–Kier alpha value is -2.73. The number of anilines is 1. The van der Waals surface area contributed by atoms with Gasteiger partial charge in [0.05, 0.1) is 21.7 Å². The van der Waals surface area contributed by atoms with Crippen LogP contribution in [0.2, 0.25) is 5.02 Å². The van der Waals surface area contributed by atoms with Gasteiger partial charge in [0, 0.05) is 17.2 Å². The maximum absolute atomic E-state index is 12.5. The highest BCUT2D eigenvalue weighted by Gasteiger charge is 2.38. The number of carbonyl (C=O) groups is 2. The zero-order valence-corrected chi connectivity index (χ0v) is 12.1. The molecule has 0 fully saturated rings. The standard InChI is InChI=1S/C15H9ClN2O4/c1-8-6-9(16)2-5-13(8)17-14(19)11-4-3-10(18(21)22)7-12(11)15(17)20/h2-7H,1H3. The molecule has 0 radical (unpaired) electrons. The average Bonchev–Trinajstić information content (AvgIpc) is 2.71. The predicted octanol–water partition coefficient (Wildman–Crippen LogP) is 3.36. The molecule has 0 saturated heterocycles. The molecule has 2 aromatic rings. The Bertz CT molecular complexity index is 847. The van der Waals surface area contributed by atoms with Gasteiger partial charge in [-0.1, -0.05) is 11.6 Å². The molecule has 6 nitrogen and oxygen atoms in total. The molecule has 2 aromatic carbocycles. The number of hydrogen-bond donors (Lipinski definition) is 0. The van der Waals surface area contributed by atoms with E-state index in [2.05, 4.69) is 0 Å². The molecule has 3 rings (SSSR count). The molecule has 22 heavy (non-hydrogen) atoms. The van der Waals surface area contributed by atoms with Crippen molar-refractivity contribution in [1.29, 1.82) is 0 Å². The lowest BCUT2D eigenvalue weighted by Gasteiger charge is -2.16. The molecule has 110 valence electrons. The van der Waals surface area contributed by atoms with Crippen molar-refractivity contribution in [3.63, 3.8) is 0 Å². The summed E-state index contributed by atoms with van der Waals surface area (Å²) in [7, 11) is 0. The van der Waals surface area contributed by atoms with E-state index in [-0.39, 0.29) is 16.8 Å². The third-order valence-corrected chi connectivity index (χ3v) is 3.72. The van der Waals surface area contributed by atoms with Crippen LogP contribution >= 0.6 is 11.6 Å². The first-order chi connectivity index (χ1) is 10.4. The number of amides is 2. The average molecular weight is 317 g/mol. The summed E-state index contributed by atoms with van der Waals surface area (Å²) in [5.41, 5.74) is 1.04. The van der Waals surface area contributed by atoms with Crippen LogP contribution in [0.5, 0.6) is 0 Å². The van der Waals surface area contributed by atoms with Gasteiger partial charge in [0.2, 0.25) is 0 Å². The van der Waals surface area contributed by atoms with Crippen molar-refractivity contribution in [2.75, 3.05) is 4.90 Å². The van der Waals surface area contributed by atoms with Crippen LogP contribution in [0.3, 0.4) is 0 Å². The Balaban J connectivity index is 2.12. The summed E-state index contributed by atoms with van der Waals surface area (Å²) < 4.78 is 0. The third kappa shape index (κ3) is 2.05. The Morgan fingerprint density at radius 3 is 2.36 bits per heavy atom. The first kappa shape index (κ1) is 14.2. The van der Waals surface area contributed by atoms with E-state index in [1.807, 2.05) is 0 Å². The van der Waals surface area contributed by atoms with Crippen molar-refractivity contribution in [3.05, 3.63) is 68.2 Å². The van der Waals surface area contributed by atoms with Crippen LogP contribution in [0.4, 0.5) is 11.4 Å². The Labute approximate surface area is 130 Å². The highest BCUT2D eigenvalue weighted by atomic mass is 35.5. The topological polar surface area (TPSA) is 80.5 Å². The van der Waals surface area contributed by atoms with E-state index in [9.17, 15) is 19.7 Å². The highest BCUT2D eigenvalue weighted by molar-refractivity contribution is 6.35. The molecule has 0 unspecified atom stereocenters. The van der Waals surface area contributed by atoms with E-state index in [1.54, 1.807) is 25.1 Å². The van der Waals surface area contributed by atoms with Crippen LogP contribution in [0.15, 0.2) is 36.4 Å². The summed E-state index contributed by atoms with van der Waals surface area (Å²) >= 11 is 5.88. The van der Waals surface area contributed by atoms with Crippen LogP contribution in [-0.2, 0) is 0 Å². The largest absolute Gasteiger partial charge is 0.270 e. The van der Waals surface area contributed by atoms with E-state index < -0.39 is 16.7 Å². The Kier molecular flexibility index (Phi) is 3.18. The monoisotopic (exact) mass is 316 g/mol. The molecule has 0 N–H and O–H groups in total. The summed E-state index contributed by atoms with van der Waals surface area (Å²) in [6, 6.07) is 8.44. The number of imide groups is 1. The first-order valence-electron chi connectivity index (χ1n) is 6.33. The summed E-state index contributed by atoms with van der Waals surface area (Å²) in [6.45, 7) is 1.73. The van der Waals surface area contributed by atoms with Gasteiger partial charge in [0.25, 0.3) is 17.5 Å². The maximum atomic E-state index is 12.5. The number of nitro groups is 1. The zero-order chi connectivity index (χ0) is 16.0. The molecule has 2 amide bonds. The number of hydrogen-bond acceptors (Lipinski definition) is 4. The van der Waals surface area contributed by atoms with Gasteiger partial charge in [-0.05, 0) is 36.8 Å². The lowest BCUT2D eigenvalue weighted by Crippen LogP contribution is -2.29. The van der Waals surface area contributed by atoms with Gasteiger partial charge in [0.15, 0.2) is 0 Å². The fourth-order valence-electron chi connectivity index (χ4n) is 2.43. The fraction of sp³-hybridized carbons (Fsp3) is 0.0667. The Morgan fingerprint density at radius 2 is 1.73 bits per heavy atom. The number of nitro benzene ring substituents is 1. The van der Waals surface area contributed by atoms with Gasteiger partial charge in [-0.3, -0.25) is 19.7 Å². The molecule has 0 aromatic heterocycles. The molecule has 1 aliphatic rings. The number of fused-ring (bicyclic) bond motifs is 1. The van der Waals surface area contributed by atoms with Gasteiger partial charge in [-0.25, -0.2) is 4.90 Å². The van der Waals surface area contributed by atoms with Gasteiger partial charge in [0.1, 0.15) is 0 Å². The normalized spacial score (nSPS) is 13.5. The quantitative estimate of drug-likeness (QED) is 0.483. The van der Waals surface area contributed by atoms with Crippen LogP contribution in [-0.4, -0.2) is 16.7 Å². The van der Waals surface area contributed by atoms with Crippen LogP contribution in [0, 0.1) is 17.0 Å². The number of aryl methyl sites for hydroxylation is 1. The lowest BCUT2D eigenvalue weighted by atomic mass is 10.1. The maximum Gasteiger partial charge on any atom is 0.270 e. The van der Waals surface area contributed by atoms with Crippen LogP contribution in [0.1, 0.15) is 26.3 Å². The molecule has 0 spiro atoms. The fourth-order valence-corrected chi connectivity index (χ4v) is 2.66. The number of non-ortho nitro benzene ring substituents is 1. The summed E-state index contributed by atoms with van der Waals surface area (Å²) in [5, 5.41) is 11.3. The second-order valence-electron chi connectivity index (χ2n) is 4.86. The van der Waals surface area contributed by atoms with Crippen LogP contribution < -0.4 is 4.90 Å². The van der Waals surface area contributed by atoms with Gasteiger partial charge < -0.3 is 0 Å². The lowest BCUT2D eigenvalue weighted by molar-refractivity contribution is -0.384. The zero-order valence-electron chi connectivity index (χ0n) is 11.4. The summed E-state index contributed by atoms with van der Waals surface area (Å²) in [5.74, 6) is -1.07. The van der Waals surface area contributed by atoms with E-state index in [1.165, 1.54) is 12.1 Å². The molecule has 0 atom stereocenters. The van der Waals surface area contributed by atoms with Gasteiger partial charge >= 0.3 is 0 Å². The smallest absolute Gasteiger partial charge is 0.268 e. The minimum absolute atomic E-state index is 0.0357. The Morgan fingerprint density at radius 1 is 1.05 bits per heavy atom. The van der Waals surface area contributed by atoms with E-state index >= 15 is 0 Å². The highest BCUT2D eigenvalue weighted by Crippen LogP contribution is 2.33. The minimum atomic E-state index is -0.603. The molecular weight excluding hydrogens is 308 g/mol. The van der Waals surface area contributed by atoms with Crippen molar-refractivity contribution >= 4 is 34.8 Å². The molecule has 0 bridgehead atoms. The molecular formula is C15H9ClN2O4. The number of halogens is 1. The van der Waals surface area contributed by atoms with E-state index in [4.69, 9.17) is 11.6 Å². The van der Waals surface area contributed by atoms with Crippen molar-refractivity contribution in [3.8, 4) is 0 Å². The van der Waals surface area contributed by atoms with E-state index in [0.29, 0.717) is 16.3 Å². The van der Waals surface area contributed by atoms with Crippen molar-refractivity contribution in [2.24, 2.45) is 0 Å². The number of nitrogens with zero attached hydrogens (tertiary/aromatic N) is 2. The molecule has 7 heteroatoms. The number of benzene rings is 2. The number of rotatable bonds is 2. The second kappa shape index (κ2) is 4.92. The van der Waals surface area contributed by atoms with E-state index in [0.717, 1.165) is 11.0 Å². The summed E-state index contributed by atoms with van der Waals surface area (Å²) in [4.78, 5) is 36.1. The van der Waals surface area contributed by atoms with Crippen molar-refractivity contribution in [2.45, 2.75) is 6.92 Å². The first-order valence-corrected chi connectivity index (χ1v) is 6.71. The molecule has 0 saturated carbocycles. The SMILES string of the molecule is Cc1cc(Cl)ccc1N1C(=O)c2ccc([N+](=O)[O-])cc2C1=O. The summed E-state index contributed by atoms with van der Waals surface area (Å²) in [6.07, 6.45) is 0. The molecule has 1 aliphatic heterocycles. The predicted molar refractivity (Wildman–Crippen MR) is 80.4 cm³/mol. The molecule has 0 aliphatic carbocycles. The van der Waals surface area contributed by atoms with Crippen molar-refractivity contribution in [1.82, 2.24) is 0 Å². The van der Waals surface area contributed by atoms with Gasteiger partial charge in [-0.15, -0.1) is 0 Å². The number of carbonyl (C=O) groups excluding carboxylic acids is 2. The molecule has 1 heterocycles.